The van der Waals surface area contributed by atoms with Crippen LogP contribution in [0.15, 0.2) is 12.1 Å². The Morgan fingerprint density at radius 3 is 2.47 bits per heavy atom. The molecule has 0 radical (unpaired) electrons. The molecular formula is C15H20O4. The first-order valence-electron chi connectivity index (χ1n) is 6.72. The van der Waals surface area contributed by atoms with Crippen molar-refractivity contribution in [2.45, 2.75) is 39.0 Å². The molecule has 1 aromatic carbocycles. The molecule has 0 bridgehead atoms. The van der Waals surface area contributed by atoms with Gasteiger partial charge in [0.2, 0.25) is 0 Å². The molecule has 1 heterocycles. The SMILES string of the molecule is CC(C)c1cc2c(cc1CCCC(=O)O)OCCO2. The third-order valence-electron chi connectivity index (χ3n) is 3.26. The Labute approximate surface area is 113 Å². The second-order valence-corrected chi connectivity index (χ2v) is 5.10. The predicted molar refractivity (Wildman–Crippen MR) is 72.1 cm³/mol. The minimum absolute atomic E-state index is 0.200. The highest BCUT2D eigenvalue weighted by atomic mass is 16.6. The zero-order valence-corrected chi connectivity index (χ0v) is 11.4. The second-order valence-electron chi connectivity index (χ2n) is 5.10. The van der Waals surface area contributed by atoms with Crippen molar-refractivity contribution in [1.29, 1.82) is 0 Å². The third-order valence-corrected chi connectivity index (χ3v) is 3.26. The second kappa shape index (κ2) is 5.95. The zero-order chi connectivity index (χ0) is 13.8. The summed E-state index contributed by atoms with van der Waals surface area (Å²) in [4.78, 5) is 10.6. The molecule has 0 fully saturated rings. The minimum Gasteiger partial charge on any atom is -0.486 e. The molecule has 4 heteroatoms. The van der Waals surface area contributed by atoms with Gasteiger partial charge >= 0.3 is 5.97 Å². The van der Waals surface area contributed by atoms with Gasteiger partial charge in [-0.3, -0.25) is 4.79 Å². The van der Waals surface area contributed by atoms with Crippen LogP contribution in [0.1, 0.15) is 43.7 Å². The minimum atomic E-state index is -0.747. The predicted octanol–water partition coefficient (Wildman–Crippen LogP) is 2.99. The van der Waals surface area contributed by atoms with Gasteiger partial charge in [0.25, 0.3) is 0 Å². The monoisotopic (exact) mass is 264 g/mol. The maximum absolute atomic E-state index is 10.6. The first kappa shape index (κ1) is 13.7. The molecule has 4 nitrogen and oxygen atoms in total. The Hall–Kier alpha value is -1.71. The number of benzene rings is 1. The quantitative estimate of drug-likeness (QED) is 0.888. The first-order chi connectivity index (χ1) is 9.08. The Balaban J connectivity index is 2.21. The smallest absolute Gasteiger partial charge is 0.303 e. The Morgan fingerprint density at radius 1 is 1.26 bits per heavy atom. The lowest BCUT2D eigenvalue weighted by Crippen LogP contribution is -2.16. The summed E-state index contributed by atoms with van der Waals surface area (Å²) < 4.78 is 11.2. The van der Waals surface area contributed by atoms with E-state index in [0.29, 0.717) is 25.6 Å². The number of hydrogen-bond donors (Lipinski definition) is 1. The number of aliphatic carboxylic acids is 1. The van der Waals surface area contributed by atoms with Crippen LogP contribution in [0.25, 0.3) is 0 Å². The summed E-state index contributed by atoms with van der Waals surface area (Å²) in [5, 5.41) is 8.72. The number of rotatable bonds is 5. The fourth-order valence-electron chi connectivity index (χ4n) is 2.33. The molecule has 0 unspecified atom stereocenters. The number of ether oxygens (including phenoxy) is 2. The van der Waals surface area contributed by atoms with E-state index in [9.17, 15) is 4.79 Å². The normalized spacial score (nSPS) is 13.6. The van der Waals surface area contributed by atoms with Gasteiger partial charge in [-0.15, -0.1) is 0 Å². The highest BCUT2D eigenvalue weighted by Crippen LogP contribution is 2.36. The van der Waals surface area contributed by atoms with Crippen LogP contribution >= 0.6 is 0 Å². The lowest BCUT2D eigenvalue weighted by Gasteiger charge is -2.22. The molecule has 0 spiro atoms. The van der Waals surface area contributed by atoms with Crippen molar-refractivity contribution in [2.75, 3.05) is 13.2 Å². The van der Waals surface area contributed by atoms with Crippen LogP contribution in [-0.4, -0.2) is 24.3 Å². The number of carbonyl (C=O) groups is 1. The van der Waals surface area contributed by atoms with Crippen LogP contribution in [0.5, 0.6) is 11.5 Å². The summed E-state index contributed by atoms with van der Waals surface area (Å²) in [6.07, 6.45) is 1.61. The number of aryl methyl sites for hydroxylation is 1. The van der Waals surface area contributed by atoms with Gasteiger partial charge in [0.15, 0.2) is 11.5 Å². The van der Waals surface area contributed by atoms with Gasteiger partial charge in [-0.2, -0.15) is 0 Å². The number of carboxylic acid groups (broad SMARTS) is 1. The van der Waals surface area contributed by atoms with Crippen LogP contribution < -0.4 is 9.47 Å². The van der Waals surface area contributed by atoms with Crippen LogP contribution in [-0.2, 0) is 11.2 Å². The number of carboxylic acids is 1. The average Bonchev–Trinajstić information content (AvgIpc) is 2.37. The number of hydrogen-bond acceptors (Lipinski definition) is 3. The van der Waals surface area contributed by atoms with Gasteiger partial charge < -0.3 is 14.6 Å². The van der Waals surface area contributed by atoms with Crippen LogP contribution in [0.3, 0.4) is 0 Å². The van der Waals surface area contributed by atoms with Gasteiger partial charge in [-0.25, -0.2) is 0 Å². The molecule has 2 rings (SSSR count). The van der Waals surface area contributed by atoms with Crippen LogP contribution in [0.2, 0.25) is 0 Å². The Morgan fingerprint density at radius 2 is 1.89 bits per heavy atom. The lowest BCUT2D eigenvalue weighted by atomic mass is 9.93. The fourth-order valence-corrected chi connectivity index (χ4v) is 2.33. The molecule has 0 amide bonds. The maximum Gasteiger partial charge on any atom is 0.303 e. The van der Waals surface area contributed by atoms with Crippen molar-refractivity contribution in [3.05, 3.63) is 23.3 Å². The topological polar surface area (TPSA) is 55.8 Å². The molecule has 1 aliphatic heterocycles. The van der Waals surface area contributed by atoms with Crippen molar-refractivity contribution in [2.24, 2.45) is 0 Å². The van der Waals surface area contributed by atoms with Gasteiger partial charge in [-0.1, -0.05) is 13.8 Å². The lowest BCUT2D eigenvalue weighted by molar-refractivity contribution is -0.137. The van der Waals surface area contributed by atoms with E-state index in [1.807, 2.05) is 12.1 Å². The average molecular weight is 264 g/mol. The third kappa shape index (κ3) is 3.40. The molecule has 104 valence electrons. The largest absolute Gasteiger partial charge is 0.486 e. The van der Waals surface area contributed by atoms with E-state index in [1.54, 1.807) is 0 Å². The van der Waals surface area contributed by atoms with E-state index < -0.39 is 5.97 Å². The van der Waals surface area contributed by atoms with Crippen molar-refractivity contribution in [3.8, 4) is 11.5 Å². The summed E-state index contributed by atoms with van der Waals surface area (Å²) in [5.74, 6) is 1.22. The fraction of sp³-hybridized carbons (Fsp3) is 0.533. The van der Waals surface area contributed by atoms with Crippen molar-refractivity contribution in [1.82, 2.24) is 0 Å². The highest BCUT2D eigenvalue weighted by Gasteiger charge is 2.17. The summed E-state index contributed by atoms with van der Waals surface area (Å²) in [5.41, 5.74) is 2.38. The molecular weight excluding hydrogens is 244 g/mol. The van der Waals surface area contributed by atoms with E-state index in [2.05, 4.69) is 13.8 Å². The molecule has 1 aliphatic rings. The van der Waals surface area contributed by atoms with Crippen LogP contribution in [0, 0.1) is 0 Å². The molecule has 0 saturated heterocycles. The van der Waals surface area contributed by atoms with E-state index in [1.165, 1.54) is 11.1 Å². The van der Waals surface area contributed by atoms with E-state index >= 15 is 0 Å². The van der Waals surface area contributed by atoms with Gasteiger partial charge in [0.05, 0.1) is 0 Å². The molecule has 0 aliphatic carbocycles. The summed E-state index contributed by atoms with van der Waals surface area (Å²) in [7, 11) is 0. The standard InChI is InChI=1S/C15H20O4/c1-10(2)12-9-14-13(18-6-7-19-14)8-11(12)4-3-5-15(16)17/h8-10H,3-7H2,1-2H3,(H,16,17). The van der Waals surface area contributed by atoms with Gasteiger partial charge in [-0.05, 0) is 42.0 Å². The van der Waals surface area contributed by atoms with E-state index in [0.717, 1.165) is 17.9 Å². The van der Waals surface area contributed by atoms with Crippen molar-refractivity contribution >= 4 is 5.97 Å². The van der Waals surface area contributed by atoms with E-state index in [4.69, 9.17) is 14.6 Å². The van der Waals surface area contributed by atoms with Gasteiger partial charge in [0.1, 0.15) is 13.2 Å². The summed E-state index contributed by atoms with van der Waals surface area (Å²) in [6, 6.07) is 4.04. The van der Waals surface area contributed by atoms with Gasteiger partial charge in [0, 0.05) is 6.42 Å². The molecule has 0 aromatic heterocycles. The molecule has 1 aromatic rings. The maximum atomic E-state index is 10.6. The molecule has 1 N–H and O–H groups in total. The van der Waals surface area contributed by atoms with Crippen molar-refractivity contribution in [3.63, 3.8) is 0 Å². The summed E-state index contributed by atoms with van der Waals surface area (Å²) in [6.45, 7) is 5.42. The van der Waals surface area contributed by atoms with Crippen molar-refractivity contribution < 1.29 is 19.4 Å². The first-order valence-corrected chi connectivity index (χ1v) is 6.72. The summed E-state index contributed by atoms with van der Waals surface area (Å²) >= 11 is 0. The highest BCUT2D eigenvalue weighted by molar-refractivity contribution is 5.66. The Kier molecular flexibility index (Phi) is 4.30. The molecule has 0 saturated carbocycles. The zero-order valence-electron chi connectivity index (χ0n) is 11.4. The Bertz CT molecular complexity index is 465. The molecule has 0 atom stereocenters. The number of fused-ring (bicyclic) bond motifs is 1. The van der Waals surface area contributed by atoms with E-state index in [-0.39, 0.29) is 6.42 Å². The molecule has 19 heavy (non-hydrogen) atoms. The van der Waals surface area contributed by atoms with Crippen LogP contribution in [0.4, 0.5) is 0 Å².